The first-order chi connectivity index (χ1) is 11.5. The minimum absolute atomic E-state index is 0.0118. The van der Waals surface area contributed by atoms with Crippen LogP contribution in [0.5, 0.6) is 5.75 Å². The van der Waals surface area contributed by atoms with Gasteiger partial charge in [-0.1, -0.05) is 0 Å². The molecule has 0 aliphatic rings. The molecule has 25 heavy (non-hydrogen) atoms. The summed E-state index contributed by atoms with van der Waals surface area (Å²) in [5, 5.41) is 6.89. The van der Waals surface area contributed by atoms with Crippen molar-refractivity contribution in [2.45, 2.75) is 19.2 Å². The average molecular weight is 362 g/mol. The first-order valence-corrected chi connectivity index (χ1v) is 6.69. The van der Waals surface area contributed by atoms with Gasteiger partial charge in [0.2, 0.25) is 5.82 Å². The SMILES string of the molecule is CC(F)(F)c1nnc2cnc(-c3ccc(OC(F)(F)F)cc3F)cn12. The Morgan fingerprint density at radius 1 is 1.08 bits per heavy atom. The molecular weight excluding hydrogens is 354 g/mol. The standard InChI is InChI=1S/C14H8F6N4O/c1-13(16,17)12-23-22-11-5-21-10(6-24(11)12)8-3-2-7(4-9(8)15)25-14(18,19)20/h2-6H,1H3. The van der Waals surface area contributed by atoms with Gasteiger partial charge in [0.1, 0.15) is 11.6 Å². The predicted molar refractivity (Wildman–Crippen MR) is 72.4 cm³/mol. The van der Waals surface area contributed by atoms with Gasteiger partial charge in [-0.25, -0.2) is 4.39 Å². The van der Waals surface area contributed by atoms with Crippen LogP contribution in [0.1, 0.15) is 12.7 Å². The Labute approximate surface area is 135 Å². The smallest absolute Gasteiger partial charge is 0.406 e. The number of nitrogens with zero attached hydrogens (tertiary/aromatic N) is 4. The third-order valence-corrected chi connectivity index (χ3v) is 3.14. The topological polar surface area (TPSA) is 52.3 Å². The first-order valence-electron chi connectivity index (χ1n) is 6.69. The summed E-state index contributed by atoms with van der Waals surface area (Å²) in [6.07, 6.45) is -2.79. The van der Waals surface area contributed by atoms with Crippen molar-refractivity contribution >= 4 is 5.65 Å². The zero-order chi connectivity index (χ0) is 18.4. The lowest BCUT2D eigenvalue weighted by Gasteiger charge is -2.11. The molecule has 11 heteroatoms. The fourth-order valence-corrected chi connectivity index (χ4v) is 2.14. The van der Waals surface area contributed by atoms with Crippen LogP contribution in [-0.4, -0.2) is 25.9 Å². The lowest BCUT2D eigenvalue weighted by Crippen LogP contribution is -2.17. The Morgan fingerprint density at radius 2 is 1.80 bits per heavy atom. The summed E-state index contributed by atoms with van der Waals surface area (Å²) in [7, 11) is 0. The van der Waals surface area contributed by atoms with Gasteiger partial charge < -0.3 is 4.74 Å². The molecule has 0 atom stereocenters. The molecule has 132 valence electrons. The number of rotatable bonds is 3. The molecule has 0 unspecified atom stereocenters. The van der Waals surface area contributed by atoms with Crippen LogP contribution in [0.15, 0.2) is 30.6 Å². The second kappa shape index (κ2) is 5.60. The van der Waals surface area contributed by atoms with Crippen LogP contribution in [0, 0.1) is 5.82 Å². The molecule has 0 spiro atoms. The van der Waals surface area contributed by atoms with Gasteiger partial charge in [0.25, 0.3) is 0 Å². The summed E-state index contributed by atoms with van der Waals surface area (Å²) >= 11 is 0. The van der Waals surface area contributed by atoms with Gasteiger partial charge in [0.05, 0.1) is 11.9 Å². The number of ether oxygens (including phenoxy) is 1. The number of alkyl halides is 5. The van der Waals surface area contributed by atoms with E-state index < -0.39 is 29.7 Å². The van der Waals surface area contributed by atoms with E-state index in [1.807, 2.05) is 0 Å². The quantitative estimate of drug-likeness (QED) is 0.663. The van der Waals surface area contributed by atoms with E-state index in [9.17, 15) is 26.3 Å². The third-order valence-electron chi connectivity index (χ3n) is 3.14. The maximum absolute atomic E-state index is 14.1. The predicted octanol–water partition coefficient (Wildman–Crippen LogP) is 3.94. The second-order valence-electron chi connectivity index (χ2n) is 5.10. The number of hydrogen-bond acceptors (Lipinski definition) is 4. The minimum atomic E-state index is -4.96. The molecule has 0 bridgehead atoms. The number of halogens is 6. The summed E-state index contributed by atoms with van der Waals surface area (Å²) in [6, 6.07) is 2.41. The molecular formula is C14H8F6N4O. The Bertz CT molecular complexity index is 931. The van der Waals surface area contributed by atoms with Gasteiger partial charge >= 0.3 is 12.3 Å². The van der Waals surface area contributed by atoms with E-state index in [-0.39, 0.29) is 16.9 Å². The van der Waals surface area contributed by atoms with E-state index in [0.29, 0.717) is 13.0 Å². The molecule has 0 N–H and O–H groups in total. The highest BCUT2D eigenvalue weighted by Gasteiger charge is 2.32. The van der Waals surface area contributed by atoms with E-state index >= 15 is 0 Å². The van der Waals surface area contributed by atoms with Crippen molar-refractivity contribution in [3.63, 3.8) is 0 Å². The fourth-order valence-electron chi connectivity index (χ4n) is 2.14. The largest absolute Gasteiger partial charge is 0.573 e. The molecule has 0 aliphatic heterocycles. The number of benzene rings is 1. The molecule has 0 fully saturated rings. The van der Waals surface area contributed by atoms with Gasteiger partial charge in [-0.15, -0.1) is 23.4 Å². The zero-order valence-electron chi connectivity index (χ0n) is 12.4. The van der Waals surface area contributed by atoms with E-state index in [0.717, 1.165) is 28.9 Å². The molecule has 0 aliphatic carbocycles. The van der Waals surface area contributed by atoms with Crippen molar-refractivity contribution < 1.29 is 31.1 Å². The van der Waals surface area contributed by atoms with Crippen LogP contribution >= 0.6 is 0 Å². The van der Waals surface area contributed by atoms with Crippen molar-refractivity contribution in [3.8, 4) is 17.0 Å². The fraction of sp³-hybridized carbons (Fsp3) is 0.214. The van der Waals surface area contributed by atoms with Crippen LogP contribution in [0.25, 0.3) is 16.9 Å². The van der Waals surface area contributed by atoms with E-state index in [4.69, 9.17) is 0 Å². The number of hydrogen-bond donors (Lipinski definition) is 0. The maximum atomic E-state index is 14.1. The number of fused-ring (bicyclic) bond motifs is 1. The molecule has 2 heterocycles. The van der Waals surface area contributed by atoms with Gasteiger partial charge in [-0.3, -0.25) is 9.38 Å². The summed E-state index contributed by atoms with van der Waals surface area (Å²) in [6.45, 7) is 0.618. The van der Waals surface area contributed by atoms with Crippen LogP contribution in [0.2, 0.25) is 0 Å². The number of aromatic nitrogens is 4. The van der Waals surface area contributed by atoms with Gasteiger partial charge in [0, 0.05) is 24.8 Å². The summed E-state index contributed by atoms with van der Waals surface area (Å²) in [5.41, 5.74) is -0.276. The first kappa shape index (κ1) is 17.0. The van der Waals surface area contributed by atoms with Crippen LogP contribution in [0.4, 0.5) is 26.3 Å². The van der Waals surface area contributed by atoms with Crippen molar-refractivity contribution in [1.82, 2.24) is 19.6 Å². The van der Waals surface area contributed by atoms with Crippen molar-refractivity contribution in [3.05, 3.63) is 42.2 Å². The van der Waals surface area contributed by atoms with E-state index in [2.05, 4.69) is 19.9 Å². The molecule has 3 rings (SSSR count). The molecule has 0 radical (unpaired) electrons. The van der Waals surface area contributed by atoms with E-state index in [1.54, 1.807) is 0 Å². The van der Waals surface area contributed by atoms with Gasteiger partial charge in [-0.05, 0) is 12.1 Å². The zero-order valence-corrected chi connectivity index (χ0v) is 12.4. The third kappa shape index (κ3) is 3.49. The molecule has 0 saturated heterocycles. The van der Waals surface area contributed by atoms with Gasteiger partial charge in [0.15, 0.2) is 5.65 Å². The second-order valence-corrected chi connectivity index (χ2v) is 5.10. The molecule has 3 aromatic rings. The highest BCUT2D eigenvalue weighted by molar-refractivity contribution is 5.61. The molecule has 2 aromatic heterocycles. The normalized spacial score (nSPS) is 12.6. The Hall–Kier alpha value is -2.85. The van der Waals surface area contributed by atoms with Crippen LogP contribution < -0.4 is 4.74 Å². The van der Waals surface area contributed by atoms with Gasteiger partial charge in [-0.2, -0.15) is 8.78 Å². The Kier molecular flexibility index (Phi) is 3.81. The monoisotopic (exact) mass is 362 g/mol. The molecule has 0 saturated carbocycles. The summed E-state index contributed by atoms with van der Waals surface area (Å²) < 4.78 is 82.1. The highest BCUT2D eigenvalue weighted by Crippen LogP contribution is 2.30. The van der Waals surface area contributed by atoms with Crippen LogP contribution in [-0.2, 0) is 5.92 Å². The van der Waals surface area contributed by atoms with Crippen molar-refractivity contribution in [1.29, 1.82) is 0 Å². The minimum Gasteiger partial charge on any atom is -0.406 e. The molecule has 5 nitrogen and oxygen atoms in total. The highest BCUT2D eigenvalue weighted by atomic mass is 19.4. The molecule has 1 aromatic carbocycles. The average Bonchev–Trinajstić information content (AvgIpc) is 2.88. The lowest BCUT2D eigenvalue weighted by molar-refractivity contribution is -0.274. The van der Waals surface area contributed by atoms with Crippen molar-refractivity contribution in [2.24, 2.45) is 0 Å². The maximum Gasteiger partial charge on any atom is 0.573 e. The lowest BCUT2D eigenvalue weighted by atomic mass is 10.1. The van der Waals surface area contributed by atoms with Crippen molar-refractivity contribution in [2.75, 3.05) is 0 Å². The Balaban J connectivity index is 2.04. The van der Waals surface area contributed by atoms with E-state index in [1.165, 1.54) is 0 Å². The summed E-state index contributed by atoms with van der Waals surface area (Å²) in [4.78, 5) is 3.87. The molecule has 0 amide bonds. The van der Waals surface area contributed by atoms with Crippen LogP contribution in [0.3, 0.4) is 0 Å². The Morgan fingerprint density at radius 3 is 2.40 bits per heavy atom. The summed E-state index contributed by atoms with van der Waals surface area (Å²) in [5.74, 6) is -5.80.